The van der Waals surface area contributed by atoms with Crippen LogP contribution in [-0.4, -0.2) is 6.54 Å². The van der Waals surface area contributed by atoms with Gasteiger partial charge in [-0.05, 0) is 23.8 Å². The van der Waals surface area contributed by atoms with Crippen LogP contribution in [0.25, 0.3) is 0 Å². The summed E-state index contributed by atoms with van der Waals surface area (Å²) in [7, 11) is 0. The van der Waals surface area contributed by atoms with E-state index < -0.39 is 5.82 Å². The summed E-state index contributed by atoms with van der Waals surface area (Å²) in [5.74, 6) is -0.401. The smallest absolute Gasteiger partial charge is 0.142 e. The van der Waals surface area contributed by atoms with Gasteiger partial charge in [-0.15, -0.1) is 0 Å². The molecule has 0 unspecified atom stereocenters. The van der Waals surface area contributed by atoms with E-state index in [-0.39, 0.29) is 5.02 Å². The highest BCUT2D eigenvalue weighted by Gasteiger charge is 2.08. The van der Waals surface area contributed by atoms with E-state index >= 15 is 0 Å². The lowest BCUT2D eigenvalue weighted by molar-refractivity contribution is 0.626. The van der Waals surface area contributed by atoms with Gasteiger partial charge in [0.05, 0.1) is 10.1 Å². The molecule has 1 N–H and O–H groups in total. The summed E-state index contributed by atoms with van der Waals surface area (Å²) < 4.78 is 13.2. The molecule has 2 rings (SSSR count). The van der Waals surface area contributed by atoms with E-state index in [1.54, 1.807) is 12.1 Å². The van der Waals surface area contributed by atoms with Crippen molar-refractivity contribution in [1.82, 2.24) is 5.32 Å². The van der Waals surface area contributed by atoms with Crippen LogP contribution >= 0.6 is 23.2 Å². The van der Waals surface area contributed by atoms with Crippen molar-refractivity contribution in [3.8, 4) is 0 Å². The fourth-order valence-electron chi connectivity index (χ4n) is 1.53. The molecular formula is C12H10Cl2FN. The number of allylic oxidation sites excluding steroid dienone is 3. The Kier molecular flexibility index (Phi) is 3.52. The minimum Gasteiger partial charge on any atom is -0.383 e. The quantitative estimate of drug-likeness (QED) is 0.854. The van der Waals surface area contributed by atoms with E-state index in [1.807, 2.05) is 12.2 Å². The Morgan fingerprint density at radius 3 is 2.81 bits per heavy atom. The number of hydrogen-bond acceptors (Lipinski definition) is 1. The van der Waals surface area contributed by atoms with Gasteiger partial charge in [-0.3, -0.25) is 0 Å². The van der Waals surface area contributed by atoms with Gasteiger partial charge in [0.25, 0.3) is 0 Å². The van der Waals surface area contributed by atoms with Crippen LogP contribution in [0.1, 0.15) is 5.56 Å². The molecule has 4 heteroatoms. The molecule has 0 fully saturated rings. The summed E-state index contributed by atoms with van der Waals surface area (Å²) >= 11 is 11.6. The normalized spacial score (nSPS) is 15.2. The number of nitrogens with one attached hydrogen (secondary N) is 1. The fraction of sp³-hybridized carbons (Fsp3) is 0.167. The summed E-state index contributed by atoms with van der Waals surface area (Å²) in [5, 5.41) is 3.96. The number of halogens is 3. The second-order valence-corrected chi connectivity index (χ2v) is 4.35. The third kappa shape index (κ3) is 2.57. The molecule has 0 atom stereocenters. The SMILES string of the molecule is Fc1cc(CC2=C(Cl)C=CCN2)ccc1Cl. The largest absolute Gasteiger partial charge is 0.383 e. The summed E-state index contributed by atoms with van der Waals surface area (Å²) in [6, 6.07) is 4.78. The van der Waals surface area contributed by atoms with Crippen molar-refractivity contribution >= 4 is 23.2 Å². The van der Waals surface area contributed by atoms with Crippen molar-refractivity contribution in [2.24, 2.45) is 0 Å². The van der Waals surface area contributed by atoms with Crippen LogP contribution in [0.2, 0.25) is 5.02 Å². The van der Waals surface area contributed by atoms with Crippen LogP contribution in [0, 0.1) is 5.82 Å². The van der Waals surface area contributed by atoms with Gasteiger partial charge >= 0.3 is 0 Å². The lowest BCUT2D eigenvalue weighted by Gasteiger charge is -2.14. The lowest BCUT2D eigenvalue weighted by atomic mass is 10.1. The van der Waals surface area contributed by atoms with Crippen LogP contribution in [0.3, 0.4) is 0 Å². The van der Waals surface area contributed by atoms with E-state index in [9.17, 15) is 4.39 Å². The van der Waals surface area contributed by atoms with Gasteiger partial charge in [-0.2, -0.15) is 0 Å². The summed E-state index contributed by atoms with van der Waals surface area (Å²) in [5.41, 5.74) is 1.75. The fourth-order valence-corrected chi connectivity index (χ4v) is 1.87. The Morgan fingerprint density at radius 1 is 1.31 bits per heavy atom. The van der Waals surface area contributed by atoms with Crippen LogP contribution in [0.15, 0.2) is 41.1 Å². The highest BCUT2D eigenvalue weighted by molar-refractivity contribution is 6.31. The first-order valence-electron chi connectivity index (χ1n) is 4.90. The van der Waals surface area contributed by atoms with E-state index in [2.05, 4.69) is 5.32 Å². The molecule has 0 bridgehead atoms. The lowest BCUT2D eigenvalue weighted by Crippen LogP contribution is -2.18. The van der Waals surface area contributed by atoms with Crippen LogP contribution in [0.5, 0.6) is 0 Å². The molecule has 0 saturated carbocycles. The predicted octanol–water partition coefficient (Wildman–Crippen LogP) is 3.63. The molecule has 1 aliphatic rings. The van der Waals surface area contributed by atoms with Crippen molar-refractivity contribution < 1.29 is 4.39 Å². The minimum atomic E-state index is -0.401. The molecule has 16 heavy (non-hydrogen) atoms. The predicted molar refractivity (Wildman–Crippen MR) is 65.1 cm³/mol. The van der Waals surface area contributed by atoms with E-state index in [4.69, 9.17) is 23.2 Å². The molecule has 0 aliphatic carbocycles. The van der Waals surface area contributed by atoms with Crippen molar-refractivity contribution in [2.75, 3.05) is 6.54 Å². The molecule has 0 aromatic heterocycles. The van der Waals surface area contributed by atoms with Gasteiger partial charge in [0.2, 0.25) is 0 Å². The van der Waals surface area contributed by atoms with Crippen LogP contribution < -0.4 is 5.32 Å². The summed E-state index contributed by atoms with van der Waals surface area (Å²) in [4.78, 5) is 0. The highest BCUT2D eigenvalue weighted by Crippen LogP contribution is 2.20. The molecule has 1 nitrogen and oxygen atoms in total. The van der Waals surface area contributed by atoms with Crippen molar-refractivity contribution in [1.29, 1.82) is 0 Å². The summed E-state index contributed by atoms with van der Waals surface area (Å²) in [6.07, 6.45) is 4.37. The maximum Gasteiger partial charge on any atom is 0.142 e. The Labute approximate surface area is 104 Å². The van der Waals surface area contributed by atoms with E-state index in [0.29, 0.717) is 11.5 Å². The molecule has 0 radical (unpaired) electrons. The highest BCUT2D eigenvalue weighted by atomic mass is 35.5. The third-order valence-corrected chi connectivity index (χ3v) is 3.01. The average Bonchev–Trinajstić information content (AvgIpc) is 2.27. The van der Waals surface area contributed by atoms with Crippen LogP contribution in [0.4, 0.5) is 4.39 Å². The van der Waals surface area contributed by atoms with Gasteiger partial charge in [-0.25, -0.2) is 4.39 Å². The van der Waals surface area contributed by atoms with Crippen LogP contribution in [-0.2, 0) is 6.42 Å². The molecule has 0 saturated heterocycles. The molecule has 1 aromatic carbocycles. The monoisotopic (exact) mass is 257 g/mol. The Balaban J connectivity index is 2.21. The van der Waals surface area contributed by atoms with Gasteiger partial charge in [0, 0.05) is 18.7 Å². The van der Waals surface area contributed by atoms with Crippen molar-refractivity contribution in [3.05, 3.63) is 57.5 Å². The maximum absolute atomic E-state index is 13.2. The number of dihydropyridines is 1. The van der Waals surface area contributed by atoms with Gasteiger partial charge in [0.15, 0.2) is 0 Å². The third-order valence-electron chi connectivity index (χ3n) is 2.35. The maximum atomic E-state index is 13.2. The van der Waals surface area contributed by atoms with Gasteiger partial charge < -0.3 is 5.32 Å². The van der Waals surface area contributed by atoms with E-state index in [1.165, 1.54) is 6.07 Å². The molecule has 1 heterocycles. The van der Waals surface area contributed by atoms with Gasteiger partial charge in [-0.1, -0.05) is 35.3 Å². The molecule has 0 spiro atoms. The number of rotatable bonds is 2. The second kappa shape index (κ2) is 4.89. The molecule has 84 valence electrons. The molecular weight excluding hydrogens is 248 g/mol. The Bertz CT molecular complexity index is 466. The summed E-state index contributed by atoms with van der Waals surface area (Å²) in [6.45, 7) is 0.752. The Morgan fingerprint density at radius 2 is 2.12 bits per heavy atom. The van der Waals surface area contributed by atoms with Gasteiger partial charge in [0.1, 0.15) is 5.82 Å². The second-order valence-electron chi connectivity index (χ2n) is 3.53. The molecule has 1 aromatic rings. The van der Waals surface area contributed by atoms with Crippen molar-refractivity contribution in [3.63, 3.8) is 0 Å². The van der Waals surface area contributed by atoms with E-state index in [0.717, 1.165) is 17.8 Å². The standard InChI is InChI=1S/C12H10Cl2FN/c13-9-4-3-8(6-11(9)15)7-12-10(14)2-1-5-16-12/h1-4,6,16H,5,7H2. The zero-order valence-corrected chi connectivity index (χ0v) is 9.95. The Hall–Kier alpha value is -0.990. The first-order valence-corrected chi connectivity index (χ1v) is 5.65. The number of hydrogen-bond donors (Lipinski definition) is 1. The zero-order valence-electron chi connectivity index (χ0n) is 8.43. The first kappa shape index (κ1) is 11.5. The minimum absolute atomic E-state index is 0.139. The average molecular weight is 258 g/mol. The van der Waals surface area contributed by atoms with Crippen molar-refractivity contribution in [2.45, 2.75) is 6.42 Å². The molecule has 1 aliphatic heterocycles. The molecule has 0 amide bonds. The zero-order chi connectivity index (χ0) is 11.5. The topological polar surface area (TPSA) is 12.0 Å². The first-order chi connectivity index (χ1) is 7.66. The number of benzene rings is 1.